The summed E-state index contributed by atoms with van der Waals surface area (Å²) in [6, 6.07) is 55.5. The molecule has 11 rings (SSSR count). The van der Waals surface area contributed by atoms with Crippen LogP contribution in [-0.4, -0.2) is 19.1 Å². The summed E-state index contributed by atoms with van der Waals surface area (Å²) in [4.78, 5) is 10.6. The Labute approximate surface area is 279 Å². The van der Waals surface area contributed by atoms with Gasteiger partial charge in [0, 0.05) is 43.6 Å². The lowest BCUT2D eigenvalue weighted by atomic mass is 10.0. The van der Waals surface area contributed by atoms with E-state index in [1.54, 1.807) is 0 Å². The Kier molecular flexibility index (Phi) is 5.32. The zero-order chi connectivity index (χ0) is 32.1. The number of hydrogen-bond acceptors (Lipinski definition) is 3. The van der Waals surface area contributed by atoms with Crippen LogP contribution >= 0.6 is 0 Å². The standard InChI is InChI=1S/C44H26N4O/c1-3-14-28(15-4-1)40-43-41(33-20-10-12-22-39(33)49-43)46-44(45-40)48-36-21-11-9-19-31(36)34-25-35-32-24-23-27-13-7-8-18-30(27)42(32)47(37(35)26-38(34)48)29-16-5-2-6-17-29/h1-26H. The number of nitrogens with zero attached hydrogens (tertiary/aromatic N) is 4. The van der Waals surface area contributed by atoms with Gasteiger partial charge in [-0.25, -0.2) is 9.97 Å². The van der Waals surface area contributed by atoms with Crippen LogP contribution in [0.5, 0.6) is 0 Å². The van der Waals surface area contributed by atoms with Gasteiger partial charge in [0.25, 0.3) is 0 Å². The summed E-state index contributed by atoms with van der Waals surface area (Å²) < 4.78 is 11.1. The molecule has 228 valence electrons. The second-order valence-corrected chi connectivity index (χ2v) is 12.6. The Bertz CT molecular complexity index is 3100. The fourth-order valence-electron chi connectivity index (χ4n) is 7.77. The molecular formula is C44H26N4O. The Morgan fingerprint density at radius 2 is 1.12 bits per heavy atom. The van der Waals surface area contributed by atoms with Crippen LogP contribution in [-0.2, 0) is 0 Å². The number of furan rings is 1. The van der Waals surface area contributed by atoms with Crippen LogP contribution in [0.25, 0.3) is 99.3 Å². The summed E-state index contributed by atoms with van der Waals surface area (Å²) >= 11 is 0. The van der Waals surface area contributed by atoms with Crippen LogP contribution < -0.4 is 0 Å². The third-order valence-electron chi connectivity index (χ3n) is 9.91. The van der Waals surface area contributed by atoms with Gasteiger partial charge in [-0.2, -0.15) is 0 Å². The van der Waals surface area contributed by atoms with Crippen molar-refractivity contribution in [3.05, 3.63) is 158 Å². The van der Waals surface area contributed by atoms with Crippen molar-refractivity contribution in [2.75, 3.05) is 0 Å². The molecule has 0 aliphatic carbocycles. The molecule has 0 unspecified atom stereocenters. The molecule has 5 heteroatoms. The highest BCUT2D eigenvalue weighted by Crippen LogP contribution is 2.42. The van der Waals surface area contributed by atoms with Gasteiger partial charge in [-0.1, -0.05) is 115 Å². The van der Waals surface area contributed by atoms with Crippen molar-refractivity contribution in [1.82, 2.24) is 19.1 Å². The van der Waals surface area contributed by atoms with E-state index in [2.05, 4.69) is 130 Å². The quantitative estimate of drug-likeness (QED) is 0.196. The van der Waals surface area contributed by atoms with Gasteiger partial charge in [0.15, 0.2) is 5.58 Å². The summed E-state index contributed by atoms with van der Waals surface area (Å²) in [5.74, 6) is 0.608. The molecule has 49 heavy (non-hydrogen) atoms. The number of rotatable bonds is 3. The van der Waals surface area contributed by atoms with E-state index >= 15 is 0 Å². The Hall–Kier alpha value is -6.72. The van der Waals surface area contributed by atoms with E-state index in [9.17, 15) is 0 Å². The molecule has 0 aliphatic heterocycles. The average Bonchev–Trinajstić information content (AvgIpc) is 3.82. The van der Waals surface area contributed by atoms with E-state index in [-0.39, 0.29) is 0 Å². The van der Waals surface area contributed by atoms with Crippen LogP contribution in [0.15, 0.2) is 162 Å². The minimum absolute atomic E-state index is 0.608. The maximum Gasteiger partial charge on any atom is 0.236 e. The molecule has 0 saturated carbocycles. The van der Waals surface area contributed by atoms with Gasteiger partial charge in [0.1, 0.15) is 16.8 Å². The van der Waals surface area contributed by atoms with E-state index in [1.807, 2.05) is 36.4 Å². The van der Waals surface area contributed by atoms with Gasteiger partial charge < -0.3 is 8.98 Å². The van der Waals surface area contributed by atoms with Crippen LogP contribution in [0, 0.1) is 0 Å². The fourth-order valence-corrected chi connectivity index (χ4v) is 7.77. The molecule has 0 spiro atoms. The first kappa shape index (κ1) is 26.4. The summed E-state index contributed by atoms with van der Waals surface area (Å²) in [6.45, 7) is 0. The first-order chi connectivity index (χ1) is 24.3. The molecule has 5 nitrogen and oxygen atoms in total. The largest absolute Gasteiger partial charge is 0.452 e. The molecular weight excluding hydrogens is 601 g/mol. The summed E-state index contributed by atoms with van der Waals surface area (Å²) in [5.41, 5.74) is 9.60. The number of benzene rings is 7. The predicted molar refractivity (Wildman–Crippen MR) is 201 cm³/mol. The van der Waals surface area contributed by atoms with E-state index < -0.39 is 0 Å². The molecule has 4 aromatic heterocycles. The smallest absolute Gasteiger partial charge is 0.236 e. The second-order valence-electron chi connectivity index (χ2n) is 12.6. The molecule has 0 atom stereocenters. The Balaban J connectivity index is 1.32. The van der Waals surface area contributed by atoms with E-state index in [0.29, 0.717) is 11.5 Å². The van der Waals surface area contributed by atoms with Crippen LogP contribution in [0.3, 0.4) is 0 Å². The first-order valence-electron chi connectivity index (χ1n) is 16.5. The van der Waals surface area contributed by atoms with Gasteiger partial charge in [0.2, 0.25) is 5.95 Å². The summed E-state index contributed by atoms with van der Waals surface area (Å²) in [7, 11) is 0. The van der Waals surface area contributed by atoms with E-state index in [4.69, 9.17) is 14.4 Å². The first-order valence-corrected chi connectivity index (χ1v) is 16.5. The van der Waals surface area contributed by atoms with E-state index in [1.165, 1.54) is 27.1 Å². The number of hydrogen-bond donors (Lipinski definition) is 0. The molecule has 0 bridgehead atoms. The van der Waals surface area contributed by atoms with Crippen molar-refractivity contribution in [3.63, 3.8) is 0 Å². The van der Waals surface area contributed by atoms with Crippen LogP contribution in [0.4, 0.5) is 0 Å². The van der Waals surface area contributed by atoms with Gasteiger partial charge in [0.05, 0.1) is 22.1 Å². The third kappa shape index (κ3) is 3.70. The predicted octanol–water partition coefficient (Wildman–Crippen LogP) is 11.4. The minimum Gasteiger partial charge on any atom is -0.452 e. The molecule has 11 aromatic rings. The second kappa shape index (κ2) is 9.89. The minimum atomic E-state index is 0.608. The van der Waals surface area contributed by atoms with Crippen molar-refractivity contribution in [2.24, 2.45) is 0 Å². The topological polar surface area (TPSA) is 48.8 Å². The van der Waals surface area contributed by atoms with Crippen molar-refractivity contribution in [1.29, 1.82) is 0 Å². The summed E-state index contributed by atoms with van der Waals surface area (Å²) in [6.07, 6.45) is 0. The van der Waals surface area contributed by atoms with Crippen LogP contribution in [0.2, 0.25) is 0 Å². The number of fused-ring (bicyclic) bond motifs is 11. The zero-order valence-corrected chi connectivity index (χ0v) is 26.2. The van der Waals surface area contributed by atoms with Gasteiger partial charge >= 0.3 is 0 Å². The maximum absolute atomic E-state index is 6.44. The molecule has 0 aliphatic rings. The highest BCUT2D eigenvalue weighted by Gasteiger charge is 2.23. The summed E-state index contributed by atoms with van der Waals surface area (Å²) in [5, 5.41) is 8.17. The fraction of sp³-hybridized carbons (Fsp3) is 0. The van der Waals surface area contributed by atoms with Crippen LogP contribution in [0.1, 0.15) is 0 Å². The van der Waals surface area contributed by atoms with Gasteiger partial charge in [-0.3, -0.25) is 4.57 Å². The maximum atomic E-state index is 6.44. The molecule has 4 heterocycles. The Morgan fingerprint density at radius 3 is 1.98 bits per heavy atom. The van der Waals surface area contributed by atoms with Gasteiger partial charge in [-0.05, 0) is 47.9 Å². The normalized spacial score (nSPS) is 12.1. The lowest BCUT2D eigenvalue weighted by Gasteiger charge is -2.11. The monoisotopic (exact) mass is 626 g/mol. The SMILES string of the molecule is c1ccc(-c2nc(-n3c4ccccc4c4cc5c6ccc7ccccc7c6n(-c6ccccc6)c5cc43)nc3c2oc2ccccc23)cc1. The number of para-hydroxylation sites is 3. The van der Waals surface area contributed by atoms with Crippen molar-refractivity contribution in [2.45, 2.75) is 0 Å². The molecule has 0 fully saturated rings. The molecule has 0 radical (unpaired) electrons. The van der Waals surface area contributed by atoms with Crippen molar-refractivity contribution < 1.29 is 4.42 Å². The van der Waals surface area contributed by atoms with Crippen molar-refractivity contribution >= 4 is 76.5 Å². The highest BCUT2D eigenvalue weighted by molar-refractivity contribution is 6.23. The molecule has 0 N–H and O–H groups in total. The number of aromatic nitrogens is 4. The van der Waals surface area contributed by atoms with Crippen molar-refractivity contribution in [3.8, 4) is 22.9 Å². The highest BCUT2D eigenvalue weighted by atomic mass is 16.3. The van der Waals surface area contributed by atoms with E-state index in [0.717, 1.165) is 60.8 Å². The molecule has 0 amide bonds. The Morgan fingerprint density at radius 1 is 0.449 bits per heavy atom. The molecule has 0 saturated heterocycles. The zero-order valence-electron chi connectivity index (χ0n) is 26.2. The lowest BCUT2D eigenvalue weighted by molar-refractivity contribution is 0.666. The van der Waals surface area contributed by atoms with Gasteiger partial charge in [-0.15, -0.1) is 0 Å². The molecule has 7 aromatic carbocycles. The third-order valence-corrected chi connectivity index (χ3v) is 9.91. The lowest BCUT2D eigenvalue weighted by Crippen LogP contribution is -2.03. The average molecular weight is 627 g/mol.